The van der Waals surface area contributed by atoms with Crippen LogP contribution in [0, 0.1) is 0 Å². The van der Waals surface area contributed by atoms with Crippen LogP contribution in [-0.4, -0.2) is 0 Å². The molecule has 1 spiro atoms. The highest BCUT2D eigenvalue weighted by Crippen LogP contribution is 2.65. The van der Waals surface area contributed by atoms with Crippen molar-refractivity contribution in [2.45, 2.75) is 18.8 Å². The highest BCUT2D eigenvalue weighted by Gasteiger charge is 2.53. The molecule has 34 heavy (non-hydrogen) atoms. The minimum Gasteiger partial charge on any atom is -0.135 e. The lowest BCUT2D eigenvalue weighted by molar-refractivity contribution is 0.786. The van der Waals surface area contributed by atoms with E-state index in [-0.39, 0.29) is 5.41 Å². The van der Waals surface area contributed by atoms with E-state index in [0.29, 0.717) is 0 Å². The summed E-state index contributed by atoms with van der Waals surface area (Å²) in [5, 5.41) is 2.81. The van der Waals surface area contributed by atoms with Crippen LogP contribution in [0.15, 0.2) is 103 Å². The van der Waals surface area contributed by atoms with Gasteiger partial charge in [0.15, 0.2) is 0 Å². The Morgan fingerprint density at radius 3 is 1.97 bits per heavy atom. The van der Waals surface area contributed by atoms with Crippen LogP contribution < -0.4 is 0 Å². The molecule has 0 N–H and O–H groups in total. The van der Waals surface area contributed by atoms with Gasteiger partial charge in [-0.2, -0.15) is 0 Å². The van der Waals surface area contributed by atoms with Crippen LogP contribution in [0.1, 0.15) is 34.7 Å². The first-order valence-corrected chi connectivity index (χ1v) is 12.9. The first kappa shape index (κ1) is 18.7. The molecule has 0 amide bonds. The topological polar surface area (TPSA) is 0 Å². The van der Waals surface area contributed by atoms with Crippen LogP contribution in [0.25, 0.3) is 42.4 Å². The van der Waals surface area contributed by atoms with Crippen LogP contribution in [-0.2, 0) is 11.8 Å². The summed E-state index contributed by atoms with van der Waals surface area (Å²) >= 11 is 1.92. The second kappa shape index (κ2) is 6.46. The summed E-state index contributed by atoms with van der Waals surface area (Å²) in [7, 11) is 0. The standard InChI is InChI=1S/C33H22S/c1-2-20-10-9-14-23-21-11-3-6-15-26(21)33(31(20)23)27-16-7-4-12-22(27)24-18-19-29-30(32(24)33)25-13-5-8-17-28(25)34-29/h3-19H,2H2,1H3. The summed E-state index contributed by atoms with van der Waals surface area (Å²) in [4.78, 5) is 0. The number of aryl methyl sites for hydroxylation is 1. The molecule has 1 unspecified atom stereocenters. The van der Waals surface area contributed by atoms with Crippen LogP contribution >= 0.6 is 11.3 Å². The van der Waals surface area contributed by atoms with Crippen molar-refractivity contribution >= 4 is 31.5 Å². The zero-order valence-corrected chi connectivity index (χ0v) is 19.7. The Balaban J connectivity index is 1.69. The van der Waals surface area contributed by atoms with E-state index in [0.717, 1.165) is 6.42 Å². The summed E-state index contributed by atoms with van der Waals surface area (Å²) in [6, 6.07) is 38.9. The molecule has 160 valence electrons. The van der Waals surface area contributed by atoms with E-state index < -0.39 is 0 Å². The fourth-order valence-corrected chi connectivity index (χ4v) is 8.01. The molecule has 1 atom stereocenters. The number of hydrogen-bond acceptors (Lipinski definition) is 1. The first-order chi connectivity index (χ1) is 16.8. The molecule has 1 aromatic heterocycles. The lowest BCUT2D eigenvalue weighted by Crippen LogP contribution is -2.27. The van der Waals surface area contributed by atoms with Gasteiger partial charge in [-0.1, -0.05) is 97.9 Å². The maximum absolute atomic E-state index is 2.38. The quantitative estimate of drug-likeness (QED) is 0.234. The molecule has 0 aliphatic heterocycles. The number of thiophene rings is 1. The van der Waals surface area contributed by atoms with Crippen molar-refractivity contribution in [3.8, 4) is 22.3 Å². The van der Waals surface area contributed by atoms with Crippen molar-refractivity contribution in [2.75, 3.05) is 0 Å². The van der Waals surface area contributed by atoms with E-state index in [1.54, 1.807) is 0 Å². The molecule has 1 heterocycles. The molecule has 0 saturated carbocycles. The summed E-state index contributed by atoms with van der Waals surface area (Å²) in [5.41, 5.74) is 12.6. The summed E-state index contributed by atoms with van der Waals surface area (Å²) in [5.74, 6) is 0. The third-order valence-corrected chi connectivity index (χ3v) is 9.20. The lowest BCUT2D eigenvalue weighted by atomic mass is 9.68. The van der Waals surface area contributed by atoms with Crippen molar-refractivity contribution < 1.29 is 0 Å². The SMILES string of the molecule is CCc1cccc2c1C1(c3ccccc3-2)c2ccccc2-c2ccc3sc4ccccc4c3c21. The smallest absolute Gasteiger partial charge is 0.0734 e. The Morgan fingerprint density at radius 1 is 0.559 bits per heavy atom. The molecule has 6 aromatic rings. The van der Waals surface area contributed by atoms with E-state index in [2.05, 4.69) is 110 Å². The number of benzene rings is 5. The van der Waals surface area contributed by atoms with Crippen molar-refractivity contribution in [3.05, 3.63) is 131 Å². The van der Waals surface area contributed by atoms with E-state index in [4.69, 9.17) is 0 Å². The monoisotopic (exact) mass is 450 g/mol. The number of hydrogen-bond donors (Lipinski definition) is 0. The Morgan fingerprint density at radius 2 is 1.21 bits per heavy atom. The van der Waals surface area contributed by atoms with Gasteiger partial charge in [0, 0.05) is 20.2 Å². The van der Waals surface area contributed by atoms with Crippen LogP contribution in [0.4, 0.5) is 0 Å². The number of rotatable bonds is 1. The van der Waals surface area contributed by atoms with Crippen LogP contribution in [0.3, 0.4) is 0 Å². The Bertz CT molecular complexity index is 1790. The Hall–Kier alpha value is -3.68. The van der Waals surface area contributed by atoms with Gasteiger partial charge < -0.3 is 0 Å². The summed E-state index contributed by atoms with van der Waals surface area (Å²) < 4.78 is 2.75. The van der Waals surface area contributed by atoms with E-state index in [1.807, 2.05) is 11.3 Å². The molecule has 0 fully saturated rings. The summed E-state index contributed by atoms with van der Waals surface area (Å²) in [6.07, 6.45) is 1.02. The van der Waals surface area contributed by atoms with Crippen LogP contribution in [0.5, 0.6) is 0 Å². The second-order valence-corrected chi connectivity index (χ2v) is 10.6. The normalized spacial score (nSPS) is 17.2. The largest absolute Gasteiger partial charge is 0.135 e. The minimum atomic E-state index is -0.284. The van der Waals surface area contributed by atoms with Gasteiger partial charge >= 0.3 is 0 Å². The van der Waals surface area contributed by atoms with Crippen molar-refractivity contribution in [1.29, 1.82) is 0 Å². The van der Waals surface area contributed by atoms with Gasteiger partial charge in [-0.25, -0.2) is 0 Å². The average Bonchev–Trinajstić information content (AvgIpc) is 3.52. The van der Waals surface area contributed by atoms with E-state index in [1.165, 1.54) is 70.2 Å². The maximum Gasteiger partial charge on any atom is 0.0734 e. The third-order valence-electron chi connectivity index (χ3n) is 8.07. The maximum atomic E-state index is 2.38. The second-order valence-electron chi connectivity index (χ2n) is 9.49. The molecule has 8 rings (SSSR count). The van der Waals surface area contributed by atoms with Gasteiger partial charge in [-0.15, -0.1) is 11.3 Å². The Labute approximate surface area is 203 Å². The van der Waals surface area contributed by atoms with Gasteiger partial charge in [0.1, 0.15) is 0 Å². The van der Waals surface area contributed by atoms with Gasteiger partial charge in [-0.05, 0) is 68.6 Å². The fourth-order valence-electron chi connectivity index (χ4n) is 6.89. The molecule has 0 nitrogen and oxygen atoms in total. The highest BCUT2D eigenvalue weighted by atomic mass is 32.1. The first-order valence-electron chi connectivity index (χ1n) is 12.1. The van der Waals surface area contributed by atoms with Crippen molar-refractivity contribution in [2.24, 2.45) is 0 Å². The van der Waals surface area contributed by atoms with E-state index >= 15 is 0 Å². The molecule has 0 radical (unpaired) electrons. The van der Waals surface area contributed by atoms with Crippen molar-refractivity contribution in [1.82, 2.24) is 0 Å². The molecular formula is C33H22S. The van der Waals surface area contributed by atoms with Crippen LogP contribution in [0.2, 0.25) is 0 Å². The predicted molar refractivity (Wildman–Crippen MR) is 145 cm³/mol. The molecule has 0 saturated heterocycles. The van der Waals surface area contributed by atoms with Gasteiger partial charge in [0.25, 0.3) is 0 Å². The molecule has 2 aliphatic rings. The summed E-state index contributed by atoms with van der Waals surface area (Å²) in [6.45, 7) is 2.30. The molecule has 0 bridgehead atoms. The third kappa shape index (κ3) is 2.02. The lowest BCUT2D eigenvalue weighted by Gasteiger charge is -2.32. The molecule has 1 heteroatoms. The molecular weight excluding hydrogens is 428 g/mol. The highest BCUT2D eigenvalue weighted by molar-refractivity contribution is 7.25. The van der Waals surface area contributed by atoms with E-state index in [9.17, 15) is 0 Å². The van der Waals surface area contributed by atoms with Gasteiger partial charge in [0.2, 0.25) is 0 Å². The van der Waals surface area contributed by atoms with Gasteiger partial charge in [-0.3, -0.25) is 0 Å². The zero-order valence-electron chi connectivity index (χ0n) is 18.9. The zero-order chi connectivity index (χ0) is 22.4. The fraction of sp³-hybridized carbons (Fsp3) is 0.0909. The van der Waals surface area contributed by atoms with Gasteiger partial charge in [0.05, 0.1) is 5.41 Å². The molecule has 2 aliphatic carbocycles. The number of fused-ring (bicyclic) bond motifs is 14. The predicted octanol–water partition coefficient (Wildman–Crippen LogP) is 8.96. The minimum absolute atomic E-state index is 0.284. The Kier molecular flexibility index (Phi) is 3.56. The van der Waals surface area contributed by atoms with Crippen molar-refractivity contribution in [3.63, 3.8) is 0 Å². The molecule has 5 aromatic carbocycles. The average molecular weight is 451 g/mol.